The minimum Gasteiger partial charge on any atom is -0.368 e. The molecule has 140 valence electrons. The molecule has 28 heavy (non-hydrogen) atoms. The Balaban J connectivity index is 1.63. The number of nitrogen functional groups attached to an aromatic ring is 1. The molecule has 1 aliphatic carbocycles. The quantitative estimate of drug-likeness (QED) is 0.521. The van der Waals surface area contributed by atoms with Crippen LogP contribution in [0.25, 0.3) is 32.8 Å². The molecule has 3 N–H and O–H groups in total. The SMILES string of the molecule is Nc1nc(NC2CCCCC2)c2cc(-c3cncc4ccccc34)ccc2n1. The van der Waals surface area contributed by atoms with Crippen LogP contribution in [0, 0.1) is 0 Å². The third-order valence-electron chi connectivity index (χ3n) is 5.64. The van der Waals surface area contributed by atoms with E-state index in [1.807, 2.05) is 24.5 Å². The van der Waals surface area contributed by atoms with Crippen molar-refractivity contribution in [1.82, 2.24) is 15.0 Å². The van der Waals surface area contributed by atoms with Gasteiger partial charge in [-0.2, -0.15) is 4.98 Å². The maximum absolute atomic E-state index is 5.98. The molecule has 5 nitrogen and oxygen atoms in total. The molecule has 2 heterocycles. The molecule has 0 aliphatic heterocycles. The van der Waals surface area contributed by atoms with Gasteiger partial charge in [0.1, 0.15) is 5.82 Å². The van der Waals surface area contributed by atoms with Crippen LogP contribution < -0.4 is 11.1 Å². The van der Waals surface area contributed by atoms with Crippen LogP contribution in [-0.2, 0) is 0 Å². The number of rotatable bonds is 3. The van der Waals surface area contributed by atoms with Crippen molar-refractivity contribution in [1.29, 1.82) is 0 Å². The largest absolute Gasteiger partial charge is 0.368 e. The van der Waals surface area contributed by atoms with E-state index >= 15 is 0 Å². The van der Waals surface area contributed by atoms with E-state index in [0.29, 0.717) is 12.0 Å². The lowest BCUT2D eigenvalue weighted by molar-refractivity contribution is 0.462. The van der Waals surface area contributed by atoms with E-state index in [1.54, 1.807) is 0 Å². The number of nitrogens with one attached hydrogen (secondary N) is 1. The van der Waals surface area contributed by atoms with Gasteiger partial charge in [0.2, 0.25) is 5.95 Å². The van der Waals surface area contributed by atoms with Gasteiger partial charge in [0.25, 0.3) is 0 Å². The number of anilines is 2. The van der Waals surface area contributed by atoms with Crippen LogP contribution in [0.5, 0.6) is 0 Å². The zero-order valence-corrected chi connectivity index (χ0v) is 15.7. The predicted molar refractivity (Wildman–Crippen MR) is 115 cm³/mol. The van der Waals surface area contributed by atoms with Crippen LogP contribution >= 0.6 is 0 Å². The molecule has 0 atom stereocenters. The Hall–Kier alpha value is -3.21. The lowest BCUT2D eigenvalue weighted by atomic mass is 9.95. The maximum Gasteiger partial charge on any atom is 0.222 e. The van der Waals surface area contributed by atoms with Crippen molar-refractivity contribution in [2.24, 2.45) is 0 Å². The highest BCUT2D eigenvalue weighted by Gasteiger charge is 2.16. The molecule has 1 fully saturated rings. The number of hydrogen-bond donors (Lipinski definition) is 2. The first-order valence-electron chi connectivity index (χ1n) is 9.95. The second-order valence-corrected chi connectivity index (χ2v) is 7.55. The Labute approximate surface area is 164 Å². The summed E-state index contributed by atoms with van der Waals surface area (Å²) in [5.74, 6) is 1.15. The van der Waals surface area contributed by atoms with Crippen LogP contribution in [-0.4, -0.2) is 21.0 Å². The fraction of sp³-hybridized carbons (Fsp3) is 0.261. The molecule has 1 saturated carbocycles. The first-order chi connectivity index (χ1) is 13.8. The summed E-state index contributed by atoms with van der Waals surface area (Å²) in [4.78, 5) is 13.4. The average Bonchev–Trinajstić information content (AvgIpc) is 2.74. The third kappa shape index (κ3) is 3.13. The van der Waals surface area contributed by atoms with Gasteiger partial charge in [-0.05, 0) is 35.9 Å². The predicted octanol–water partition coefficient (Wildman–Crippen LogP) is 5.17. The molecule has 1 aliphatic rings. The van der Waals surface area contributed by atoms with Crippen molar-refractivity contribution in [2.45, 2.75) is 38.1 Å². The number of benzene rings is 2. The Bertz CT molecular complexity index is 1140. The van der Waals surface area contributed by atoms with Gasteiger partial charge in [0, 0.05) is 34.8 Å². The summed E-state index contributed by atoms with van der Waals surface area (Å²) < 4.78 is 0. The summed E-state index contributed by atoms with van der Waals surface area (Å²) in [5.41, 5.74) is 9.06. The molecular formula is C23H23N5. The van der Waals surface area contributed by atoms with E-state index < -0.39 is 0 Å². The van der Waals surface area contributed by atoms with Crippen molar-refractivity contribution in [3.63, 3.8) is 0 Å². The zero-order chi connectivity index (χ0) is 18.9. The van der Waals surface area contributed by atoms with Crippen molar-refractivity contribution in [2.75, 3.05) is 11.1 Å². The number of pyridine rings is 1. The molecule has 0 saturated heterocycles. The van der Waals surface area contributed by atoms with E-state index in [9.17, 15) is 0 Å². The van der Waals surface area contributed by atoms with Gasteiger partial charge in [-0.15, -0.1) is 0 Å². The Morgan fingerprint density at radius 2 is 1.75 bits per heavy atom. The molecule has 5 rings (SSSR count). The topological polar surface area (TPSA) is 76.7 Å². The highest BCUT2D eigenvalue weighted by Crippen LogP contribution is 2.32. The molecular weight excluding hydrogens is 346 g/mol. The first-order valence-corrected chi connectivity index (χ1v) is 9.95. The highest BCUT2D eigenvalue weighted by atomic mass is 15.1. The minimum atomic E-state index is 0.311. The lowest BCUT2D eigenvalue weighted by Gasteiger charge is -2.24. The van der Waals surface area contributed by atoms with Crippen molar-refractivity contribution in [3.05, 3.63) is 54.9 Å². The molecule has 0 amide bonds. The van der Waals surface area contributed by atoms with Crippen LogP contribution in [0.2, 0.25) is 0 Å². The van der Waals surface area contributed by atoms with E-state index in [-0.39, 0.29) is 0 Å². The van der Waals surface area contributed by atoms with Gasteiger partial charge in [-0.25, -0.2) is 4.98 Å². The zero-order valence-electron chi connectivity index (χ0n) is 15.7. The summed E-state index contributed by atoms with van der Waals surface area (Å²) in [7, 11) is 0. The molecule has 0 radical (unpaired) electrons. The Kier molecular flexibility index (Phi) is 4.28. The number of aromatic nitrogens is 3. The molecule has 0 unspecified atom stereocenters. The fourth-order valence-electron chi connectivity index (χ4n) is 4.21. The summed E-state index contributed by atoms with van der Waals surface area (Å²) in [5, 5.41) is 6.96. The monoisotopic (exact) mass is 369 g/mol. The third-order valence-corrected chi connectivity index (χ3v) is 5.64. The van der Waals surface area contributed by atoms with E-state index in [4.69, 9.17) is 5.73 Å². The molecule has 2 aromatic heterocycles. The fourth-order valence-corrected chi connectivity index (χ4v) is 4.21. The van der Waals surface area contributed by atoms with E-state index in [0.717, 1.165) is 33.2 Å². The second-order valence-electron chi connectivity index (χ2n) is 7.55. The first kappa shape index (κ1) is 16.9. The van der Waals surface area contributed by atoms with Crippen molar-refractivity contribution in [3.8, 4) is 11.1 Å². The smallest absolute Gasteiger partial charge is 0.222 e. The molecule has 5 heteroatoms. The maximum atomic E-state index is 5.98. The minimum absolute atomic E-state index is 0.311. The van der Waals surface area contributed by atoms with Gasteiger partial charge < -0.3 is 11.1 Å². The number of hydrogen-bond acceptors (Lipinski definition) is 5. The van der Waals surface area contributed by atoms with Gasteiger partial charge in [-0.3, -0.25) is 4.98 Å². The van der Waals surface area contributed by atoms with E-state index in [1.165, 1.54) is 37.5 Å². The van der Waals surface area contributed by atoms with Gasteiger partial charge in [0.15, 0.2) is 0 Å². The number of nitrogens with zero attached hydrogens (tertiary/aromatic N) is 3. The highest BCUT2D eigenvalue weighted by molar-refractivity contribution is 5.99. The summed E-state index contributed by atoms with van der Waals surface area (Å²) >= 11 is 0. The van der Waals surface area contributed by atoms with Gasteiger partial charge in [0.05, 0.1) is 5.52 Å². The van der Waals surface area contributed by atoms with Crippen LogP contribution in [0.15, 0.2) is 54.9 Å². The number of nitrogens with two attached hydrogens (primary N) is 1. The summed E-state index contributed by atoms with van der Waals surface area (Å²) in [6, 6.07) is 15.0. The Morgan fingerprint density at radius 3 is 2.64 bits per heavy atom. The lowest BCUT2D eigenvalue weighted by Crippen LogP contribution is -2.23. The van der Waals surface area contributed by atoms with Crippen LogP contribution in [0.3, 0.4) is 0 Å². The van der Waals surface area contributed by atoms with Crippen LogP contribution in [0.4, 0.5) is 11.8 Å². The molecule has 0 spiro atoms. The second kappa shape index (κ2) is 7.08. The molecule has 4 aromatic rings. The normalized spacial score (nSPS) is 15.1. The van der Waals surface area contributed by atoms with Gasteiger partial charge in [-0.1, -0.05) is 49.6 Å². The Morgan fingerprint density at radius 1 is 0.893 bits per heavy atom. The summed E-state index contributed by atoms with van der Waals surface area (Å²) in [6.45, 7) is 0. The molecule has 0 bridgehead atoms. The average molecular weight is 369 g/mol. The number of fused-ring (bicyclic) bond motifs is 2. The van der Waals surface area contributed by atoms with Gasteiger partial charge >= 0.3 is 0 Å². The van der Waals surface area contributed by atoms with Crippen molar-refractivity contribution < 1.29 is 0 Å². The van der Waals surface area contributed by atoms with Crippen LogP contribution in [0.1, 0.15) is 32.1 Å². The standard InChI is InChI=1S/C23H23N5/c24-23-27-21-11-10-15(20-14-25-13-16-6-4-5-9-18(16)20)12-19(21)22(28-23)26-17-7-2-1-3-8-17/h4-6,9-14,17H,1-3,7-8H2,(H3,24,26,27,28). The van der Waals surface area contributed by atoms with E-state index in [2.05, 4.69) is 50.6 Å². The van der Waals surface area contributed by atoms with Crippen molar-refractivity contribution >= 4 is 33.4 Å². The molecule has 2 aromatic carbocycles. The summed E-state index contributed by atoms with van der Waals surface area (Å²) in [6.07, 6.45) is 10.0.